The number of carbonyl (C=O) groups is 2. The zero-order valence-corrected chi connectivity index (χ0v) is 22.1. The lowest BCUT2D eigenvalue weighted by Crippen LogP contribution is -2.39. The van der Waals surface area contributed by atoms with Gasteiger partial charge in [-0.1, -0.05) is 11.8 Å². The van der Waals surface area contributed by atoms with E-state index in [-0.39, 0.29) is 43.8 Å². The third kappa shape index (κ3) is 5.84. The number of carbonyl (C=O) groups excluding carboxylic acids is 2. The predicted octanol–water partition coefficient (Wildman–Crippen LogP) is 2.25. The Hall–Kier alpha value is -5.47. The number of benzene rings is 2. The minimum Gasteiger partial charge on any atom is -0.482 e. The van der Waals surface area contributed by atoms with Crippen molar-refractivity contribution in [2.45, 2.75) is 13.1 Å². The van der Waals surface area contributed by atoms with Gasteiger partial charge >= 0.3 is 6.18 Å². The molecular formula is C28H23F3N6O5. The van der Waals surface area contributed by atoms with Crippen LogP contribution in [0.4, 0.5) is 30.2 Å². The Bertz CT molecular complexity index is 1690. The number of alkyl halides is 3. The van der Waals surface area contributed by atoms with Crippen LogP contribution in [0.3, 0.4) is 0 Å². The molecule has 0 atom stereocenters. The Labute approximate surface area is 237 Å². The van der Waals surface area contributed by atoms with Crippen molar-refractivity contribution in [3.8, 4) is 41.9 Å². The van der Waals surface area contributed by atoms with Gasteiger partial charge in [-0.05, 0) is 43.3 Å². The number of ether oxygens (including phenoxy) is 2. The van der Waals surface area contributed by atoms with E-state index in [2.05, 4.69) is 22.4 Å². The molecule has 3 aromatic rings. The second-order valence-electron chi connectivity index (χ2n) is 8.82. The van der Waals surface area contributed by atoms with Crippen molar-refractivity contribution in [2.75, 3.05) is 41.5 Å². The van der Waals surface area contributed by atoms with Crippen molar-refractivity contribution in [3.63, 3.8) is 0 Å². The molecule has 0 radical (unpaired) electrons. The Balaban J connectivity index is 0.000000216. The summed E-state index contributed by atoms with van der Waals surface area (Å²) in [6, 6.07) is 9.63. The molecule has 0 unspecified atom stereocenters. The minimum absolute atomic E-state index is 0.00693. The molecule has 1 aromatic heterocycles. The van der Waals surface area contributed by atoms with Crippen LogP contribution >= 0.6 is 0 Å². The molecule has 42 heavy (non-hydrogen) atoms. The van der Waals surface area contributed by atoms with E-state index in [0.717, 1.165) is 11.6 Å². The van der Waals surface area contributed by atoms with E-state index in [1.807, 2.05) is 0 Å². The third-order valence-electron chi connectivity index (χ3n) is 6.22. The van der Waals surface area contributed by atoms with E-state index < -0.39 is 22.9 Å². The molecule has 14 heteroatoms. The molecule has 2 aliphatic rings. The molecule has 5 rings (SSSR count). The lowest BCUT2D eigenvalue weighted by molar-refractivity contribution is -0.138. The maximum Gasteiger partial charge on any atom is 0.418 e. The first-order valence-electron chi connectivity index (χ1n) is 12.1. The molecule has 3 N–H and O–H groups in total. The number of nitrogens with zero attached hydrogens (tertiary/aromatic N) is 4. The Morgan fingerprint density at radius 1 is 0.952 bits per heavy atom. The van der Waals surface area contributed by atoms with Gasteiger partial charge in [0.05, 0.1) is 47.6 Å². The summed E-state index contributed by atoms with van der Waals surface area (Å²) in [5.74, 6) is 10.6. The number of nitrogens with one attached hydrogen (secondary N) is 1. The standard InChI is InChI=1S/C17H12F3N3O3.C11H11N3O2/c1-3-6-22-13-7-11(4-5-14(13)26-9-15(22)24)23-16(25)10(2)12(8-21-23)17(18,19)20;1-2-5-14-9-6-8(13-12)3-4-10(9)16-7-11(14)15/h1,4-5,7-8H,6,9H2,2H3;1,3-4,6,13H,5,7,12H2. The van der Waals surface area contributed by atoms with Gasteiger partial charge in [0.1, 0.15) is 11.5 Å². The fraction of sp³-hybridized carbons (Fsp3) is 0.214. The van der Waals surface area contributed by atoms with Crippen LogP contribution in [0.2, 0.25) is 0 Å². The first-order chi connectivity index (χ1) is 20.0. The normalized spacial score (nSPS) is 13.8. The van der Waals surface area contributed by atoms with Crippen LogP contribution < -0.4 is 36.1 Å². The van der Waals surface area contributed by atoms with Crippen LogP contribution in [0.15, 0.2) is 47.4 Å². The monoisotopic (exact) mass is 580 g/mol. The van der Waals surface area contributed by atoms with Gasteiger partial charge in [0, 0.05) is 5.56 Å². The second kappa shape index (κ2) is 12.0. The molecule has 2 aliphatic heterocycles. The lowest BCUT2D eigenvalue weighted by Gasteiger charge is -2.28. The zero-order valence-electron chi connectivity index (χ0n) is 22.1. The van der Waals surface area contributed by atoms with Crippen LogP contribution in [-0.4, -0.2) is 47.9 Å². The Morgan fingerprint density at radius 2 is 1.50 bits per heavy atom. The van der Waals surface area contributed by atoms with E-state index in [0.29, 0.717) is 34.8 Å². The van der Waals surface area contributed by atoms with Crippen LogP contribution in [0.25, 0.3) is 5.69 Å². The number of halogens is 3. The maximum atomic E-state index is 12.9. The molecule has 0 aliphatic carbocycles. The molecule has 0 saturated carbocycles. The molecule has 0 fully saturated rings. The molecule has 216 valence electrons. The van der Waals surface area contributed by atoms with Crippen LogP contribution in [0.5, 0.6) is 11.5 Å². The van der Waals surface area contributed by atoms with Gasteiger partial charge in [-0.25, -0.2) is 0 Å². The van der Waals surface area contributed by atoms with Gasteiger partial charge in [0.25, 0.3) is 17.4 Å². The summed E-state index contributed by atoms with van der Waals surface area (Å²) in [4.78, 5) is 38.7. The van der Waals surface area contributed by atoms with Crippen molar-refractivity contribution in [1.82, 2.24) is 9.78 Å². The molecule has 0 saturated heterocycles. The highest BCUT2D eigenvalue weighted by molar-refractivity contribution is 5.99. The van der Waals surface area contributed by atoms with Crippen molar-refractivity contribution < 1.29 is 32.2 Å². The molecule has 0 spiro atoms. The van der Waals surface area contributed by atoms with Crippen LogP contribution in [0, 0.1) is 31.6 Å². The number of hydrogen-bond acceptors (Lipinski definition) is 8. The fourth-order valence-electron chi connectivity index (χ4n) is 4.15. The number of nitrogen functional groups attached to an aromatic ring is 1. The van der Waals surface area contributed by atoms with Crippen LogP contribution in [-0.2, 0) is 15.8 Å². The van der Waals surface area contributed by atoms with E-state index in [9.17, 15) is 27.6 Å². The van der Waals surface area contributed by atoms with Gasteiger partial charge in [0.15, 0.2) is 13.2 Å². The highest BCUT2D eigenvalue weighted by Crippen LogP contribution is 2.35. The number of nitrogens with two attached hydrogens (primary N) is 1. The smallest absolute Gasteiger partial charge is 0.418 e. The lowest BCUT2D eigenvalue weighted by atomic mass is 10.1. The molecule has 3 heterocycles. The number of fused-ring (bicyclic) bond motifs is 2. The summed E-state index contributed by atoms with van der Waals surface area (Å²) < 4.78 is 50.1. The highest BCUT2D eigenvalue weighted by atomic mass is 19.4. The van der Waals surface area contributed by atoms with E-state index in [1.54, 1.807) is 18.2 Å². The average molecular weight is 581 g/mol. The van der Waals surface area contributed by atoms with Crippen molar-refractivity contribution in [3.05, 3.63) is 64.1 Å². The van der Waals surface area contributed by atoms with Crippen molar-refractivity contribution in [2.24, 2.45) is 5.84 Å². The molecular weight excluding hydrogens is 557 g/mol. The highest BCUT2D eigenvalue weighted by Gasteiger charge is 2.34. The SMILES string of the molecule is C#CCN1C(=O)COc2ccc(-n3ncc(C(F)(F)F)c(C)c3=O)cc21.C#CCN1C(=O)COc2ccc(NN)cc21. The number of anilines is 3. The Kier molecular flexibility index (Phi) is 8.40. The van der Waals surface area contributed by atoms with Crippen molar-refractivity contribution in [1.29, 1.82) is 0 Å². The average Bonchev–Trinajstić information content (AvgIpc) is 2.97. The minimum atomic E-state index is -4.67. The summed E-state index contributed by atoms with van der Waals surface area (Å²) in [5, 5.41) is 3.61. The first-order valence-corrected chi connectivity index (χ1v) is 12.1. The predicted molar refractivity (Wildman–Crippen MR) is 147 cm³/mol. The fourth-order valence-corrected chi connectivity index (χ4v) is 4.15. The van der Waals surface area contributed by atoms with Crippen LogP contribution in [0.1, 0.15) is 11.1 Å². The number of rotatable bonds is 4. The molecule has 0 bridgehead atoms. The summed E-state index contributed by atoms with van der Waals surface area (Å²) in [6.45, 7) is 1.14. The van der Waals surface area contributed by atoms with Gasteiger partial charge in [-0.15, -0.1) is 12.8 Å². The Morgan fingerprint density at radius 3 is 2.02 bits per heavy atom. The topological polar surface area (TPSA) is 132 Å². The van der Waals surface area contributed by atoms with Gasteiger partial charge < -0.3 is 14.9 Å². The van der Waals surface area contributed by atoms with E-state index in [4.69, 9.17) is 28.2 Å². The van der Waals surface area contributed by atoms with E-state index in [1.165, 1.54) is 28.0 Å². The number of terminal acetylenes is 2. The first kappa shape index (κ1) is 29.5. The summed E-state index contributed by atoms with van der Waals surface area (Å²) in [7, 11) is 0. The quantitative estimate of drug-likeness (QED) is 0.273. The summed E-state index contributed by atoms with van der Waals surface area (Å²) in [6.07, 6.45) is 6.42. The zero-order chi connectivity index (χ0) is 30.6. The largest absolute Gasteiger partial charge is 0.482 e. The summed E-state index contributed by atoms with van der Waals surface area (Å²) in [5.41, 5.74) is 1.88. The number of aromatic nitrogens is 2. The molecule has 11 nitrogen and oxygen atoms in total. The summed E-state index contributed by atoms with van der Waals surface area (Å²) >= 11 is 0. The second-order valence-corrected chi connectivity index (χ2v) is 8.82. The molecule has 2 aromatic carbocycles. The number of hydrazine groups is 1. The number of hydrogen-bond donors (Lipinski definition) is 2. The third-order valence-corrected chi connectivity index (χ3v) is 6.22. The van der Waals surface area contributed by atoms with Crippen molar-refractivity contribution >= 4 is 28.9 Å². The molecule has 2 amide bonds. The number of amides is 2. The van der Waals surface area contributed by atoms with E-state index >= 15 is 0 Å². The van der Waals surface area contributed by atoms with Gasteiger partial charge in [0.2, 0.25) is 0 Å². The van der Waals surface area contributed by atoms with Gasteiger partial charge in [-0.3, -0.25) is 30.0 Å². The van der Waals surface area contributed by atoms with Gasteiger partial charge in [-0.2, -0.15) is 23.0 Å². The maximum absolute atomic E-state index is 12.9.